The Morgan fingerprint density at radius 3 is 2.62 bits per heavy atom. The lowest BCUT2D eigenvalue weighted by atomic mass is 9.80. The summed E-state index contributed by atoms with van der Waals surface area (Å²) in [5.74, 6) is 2.17. The average molecular weight is 244 g/mol. The Morgan fingerprint density at radius 1 is 1.44 bits per heavy atom. The van der Waals surface area contributed by atoms with Crippen molar-refractivity contribution < 1.29 is 0 Å². The minimum Gasteiger partial charge on any atom is -0.250 e. The zero-order chi connectivity index (χ0) is 12.2. The van der Waals surface area contributed by atoms with E-state index in [9.17, 15) is 0 Å². The summed E-state index contributed by atoms with van der Waals surface area (Å²) in [5.41, 5.74) is 0.213. The van der Waals surface area contributed by atoms with E-state index in [0.717, 1.165) is 25.2 Å². The highest BCUT2D eigenvalue weighted by Gasteiger charge is 2.25. The van der Waals surface area contributed by atoms with Crippen molar-refractivity contribution in [2.75, 3.05) is 5.88 Å². The van der Waals surface area contributed by atoms with Crippen LogP contribution in [0.3, 0.4) is 0 Å². The average Bonchev–Trinajstić information content (AvgIpc) is 2.60. The standard InChI is InChI=1S/C12H22ClN3/c1-5-6-16-11(14-9-15-16)7-10(8-13)12(2,3)4/h9-10H,5-8H2,1-4H3. The van der Waals surface area contributed by atoms with Crippen LogP contribution in [0.2, 0.25) is 0 Å². The van der Waals surface area contributed by atoms with Crippen LogP contribution in [0.1, 0.15) is 39.9 Å². The van der Waals surface area contributed by atoms with Gasteiger partial charge in [-0.25, -0.2) is 4.98 Å². The highest BCUT2D eigenvalue weighted by Crippen LogP contribution is 2.29. The molecule has 0 N–H and O–H groups in total. The van der Waals surface area contributed by atoms with Gasteiger partial charge in [0.1, 0.15) is 12.2 Å². The van der Waals surface area contributed by atoms with Gasteiger partial charge in [-0.2, -0.15) is 5.10 Å². The van der Waals surface area contributed by atoms with E-state index in [1.165, 1.54) is 0 Å². The summed E-state index contributed by atoms with van der Waals surface area (Å²) in [6.07, 6.45) is 3.63. The Morgan fingerprint density at radius 2 is 2.12 bits per heavy atom. The molecule has 0 saturated carbocycles. The molecule has 0 bridgehead atoms. The third-order valence-corrected chi connectivity index (χ3v) is 3.34. The molecular weight excluding hydrogens is 222 g/mol. The number of hydrogen-bond donors (Lipinski definition) is 0. The van der Waals surface area contributed by atoms with Gasteiger partial charge in [0.15, 0.2) is 0 Å². The molecule has 0 aliphatic carbocycles. The fraction of sp³-hybridized carbons (Fsp3) is 0.833. The smallest absolute Gasteiger partial charge is 0.138 e. The number of halogens is 1. The van der Waals surface area contributed by atoms with Crippen LogP contribution >= 0.6 is 11.6 Å². The second-order valence-corrected chi connectivity index (χ2v) is 5.63. The van der Waals surface area contributed by atoms with Crippen LogP contribution in [-0.2, 0) is 13.0 Å². The van der Waals surface area contributed by atoms with Crippen LogP contribution in [-0.4, -0.2) is 20.6 Å². The minimum absolute atomic E-state index is 0.213. The lowest BCUT2D eigenvalue weighted by molar-refractivity contribution is 0.257. The fourth-order valence-corrected chi connectivity index (χ4v) is 2.23. The molecule has 4 heteroatoms. The summed E-state index contributed by atoms with van der Waals surface area (Å²) >= 11 is 6.04. The first-order valence-corrected chi connectivity index (χ1v) is 6.45. The van der Waals surface area contributed by atoms with E-state index in [-0.39, 0.29) is 5.41 Å². The van der Waals surface area contributed by atoms with Crippen molar-refractivity contribution in [3.63, 3.8) is 0 Å². The SMILES string of the molecule is CCCn1ncnc1CC(CCl)C(C)(C)C. The Kier molecular flexibility index (Phi) is 4.78. The van der Waals surface area contributed by atoms with Crippen LogP contribution in [0.4, 0.5) is 0 Å². The number of hydrogen-bond acceptors (Lipinski definition) is 2. The summed E-state index contributed by atoms with van der Waals surface area (Å²) in [5, 5.41) is 4.24. The van der Waals surface area contributed by atoms with Crippen molar-refractivity contribution >= 4 is 11.6 Å². The first kappa shape index (κ1) is 13.5. The van der Waals surface area contributed by atoms with Gasteiger partial charge in [0.25, 0.3) is 0 Å². The third-order valence-electron chi connectivity index (χ3n) is 2.97. The maximum atomic E-state index is 6.04. The van der Waals surface area contributed by atoms with Gasteiger partial charge in [0.2, 0.25) is 0 Å². The van der Waals surface area contributed by atoms with Crippen LogP contribution < -0.4 is 0 Å². The summed E-state index contributed by atoms with van der Waals surface area (Å²) in [6, 6.07) is 0. The fourth-order valence-electron chi connectivity index (χ4n) is 1.66. The van der Waals surface area contributed by atoms with Gasteiger partial charge in [-0.15, -0.1) is 11.6 Å². The first-order valence-electron chi connectivity index (χ1n) is 5.91. The van der Waals surface area contributed by atoms with Crippen molar-refractivity contribution in [2.24, 2.45) is 11.3 Å². The van der Waals surface area contributed by atoms with Crippen molar-refractivity contribution in [2.45, 2.75) is 47.1 Å². The molecule has 0 saturated heterocycles. The summed E-state index contributed by atoms with van der Waals surface area (Å²) in [4.78, 5) is 4.33. The predicted octanol–water partition coefficient (Wildman–Crippen LogP) is 3.13. The minimum atomic E-state index is 0.213. The molecule has 0 aromatic carbocycles. The van der Waals surface area contributed by atoms with Crippen LogP contribution in [0.5, 0.6) is 0 Å². The van der Waals surface area contributed by atoms with E-state index in [1.807, 2.05) is 4.68 Å². The Hall–Kier alpha value is -0.570. The van der Waals surface area contributed by atoms with Gasteiger partial charge in [0, 0.05) is 18.8 Å². The maximum Gasteiger partial charge on any atom is 0.138 e. The number of aryl methyl sites for hydroxylation is 1. The van der Waals surface area contributed by atoms with Gasteiger partial charge in [0.05, 0.1) is 0 Å². The zero-order valence-corrected chi connectivity index (χ0v) is 11.5. The molecule has 1 heterocycles. The van der Waals surface area contributed by atoms with Gasteiger partial charge in [-0.3, -0.25) is 4.68 Å². The molecule has 0 aliphatic rings. The highest BCUT2D eigenvalue weighted by molar-refractivity contribution is 6.18. The molecule has 1 aromatic heterocycles. The van der Waals surface area contributed by atoms with E-state index in [2.05, 4.69) is 37.8 Å². The Bertz CT molecular complexity index is 314. The summed E-state index contributed by atoms with van der Waals surface area (Å²) < 4.78 is 1.99. The van der Waals surface area contributed by atoms with Gasteiger partial charge in [-0.1, -0.05) is 27.7 Å². The van der Waals surface area contributed by atoms with Crippen LogP contribution in [0.15, 0.2) is 6.33 Å². The molecule has 0 spiro atoms. The first-order chi connectivity index (χ1) is 7.49. The predicted molar refractivity (Wildman–Crippen MR) is 67.7 cm³/mol. The molecule has 0 radical (unpaired) electrons. The van der Waals surface area contributed by atoms with Gasteiger partial charge >= 0.3 is 0 Å². The van der Waals surface area contributed by atoms with Crippen molar-refractivity contribution in [1.82, 2.24) is 14.8 Å². The largest absolute Gasteiger partial charge is 0.250 e. The molecule has 1 unspecified atom stereocenters. The molecule has 1 rings (SSSR count). The van der Waals surface area contributed by atoms with E-state index >= 15 is 0 Å². The molecule has 92 valence electrons. The zero-order valence-electron chi connectivity index (χ0n) is 10.7. The lowest BCUT2D eigenvalue weighted by Gasteiger charge is -2.28. The third kappa shape index (κ3) is 3.48. The van der Waals surface area contributed by atoms with Gasteiger partial charge in [-0.05, 0) is 17.8 Å². The highest BCUT2D eigenvalue weighted by atomic mass is 35.5. The number of rotatable bonds is 5. The molecule has 16 heavy (non-hydrogen) atoms. The van der Waals surface area contributed by atoms with Crippen molar-refractivity contribution in [3.8, 4) is 0 Å². The van der Waals surface area contributed by atoms with Crippen LogP contribution in [0, 0.1) is 11.3 Å². The number of aromatic nitrogens is 3. The number of alkyl halides is 1. The Balaban J connectivity index is 2.74. The maximum absolute atomic E-state index is 6.04. The lowest BCUT2D eigenvalue weighted by Crippen LogP contribution is -2.25. The molecule has 0 fully saturated rings. The quantitative estimate of drug-likeness (QED) is 0.744. The van der Waals surface area contributed by atoms with Crippen LogP contribution in [0.25, 0.3) is 0 Å². The molecule has 1 atom stereocenters. The van der Waals surface area contributed by atoms with Crippen molar-refractivity contribution in [1.29, 1.82) is 0 Å². The van der Waals surface area contributed by atoms with Gasteiger partial charge < -0.3 is 0 Å². The Labute approximate surface area is 103 Å². The summed E-state index contributed by atoms with van der Waals surface area (Å²) in [7, 11) is 0. The molecule has 0 aliphatic heterocycles. The molecule has 0 amide bonds. The van der Waals surface area contributed by atoms with E-state index in [1.54, 1.807) is 6.33 Å². The second-order valence-electron chi connectivity index (χ2n) is 5.32. The molecule has 3 nitrogen and oxygen atoms in total. The summed E-state index contributed by atoms with van der Waals surface area (Å²) in [6.45, 7) is 9.75. The normalized spacial score (nSPS) is 14.1. The topological polar surface area (TPSA) is 30.7 Å². The van der Waals surface area contributed by atoms with E-state index < -0.39 is 0 Å². The molecular formula is C12H22ClN3. The number of nitrogens with zero attached hydrogens (tertiary/aromatic N) is 3. The molecule has 1 aromatic rings. The monoisotopic (exact) mass is 243 g/mol. The second kappa shape index (κ2) is 5.67. The van der Waals surface area contributed by atoms with Crippen molar-refractivity contribution in [3.05, 3.63) is 12.2 Å². The van der Waals surface area contributed by atoms with E-state index in [0.29, 0.717) is 11.8 Å². The van der Waals surface area contributed by atoms with E-state index in [4.69, 9.17) is 11.6 Å².